The summed E-state index contributed by atoms with van der Waals surface area (Å²) in [5.41, 5.74) is 7.41. The zero-order valence-corrected chi connectivity index (χ0v) is 51.7. The highest BCUT2D eigenvalue weighted by molar-refractivity contribution is 7.90. The number of carbonyl (C=O) groups is 7. The number of phenols is 1. The number of methoxy groups -OCH3 is 1. The van der Waals surface area contributed by atoms with Crippen molar-refractivity contribution >= 4 is 70.0 Å². The number of nitrogens with two attached hydrogens (primary N) is 1. The number of nitrogens with zero attached hydrogens (tertiary/aromatic N) is 5. The molecule has 3 aliphatic rings. The summed E-state index contributed by atoms with van der Waals surface area (Å²) >= 11 is 1.35. The molecule has 0 spiro atoms. The van der Waals surface area contributed by atoms with Crippen molar-refractivity contribution in [2.45, 2.75) is 131 Å². The van der Waals surface area contributed by atoms with E-state index in [9.17, 15) is 74.4 Å². The number of fused-ring (bicyclic) bond motifs is 3. The summed E-state index contributed by atoms with van der Waals surface area (Å²) < 4.78 is 21.8. The maximum atomic E-state index is 14.7. The molecular weight excluding hydrogens is 1250 g/mol. The Morgan fingerprint density at radius 1 is 0.815 bits per heavy atom. The fraction of sp³-hybridized carbons (Fsp3) is 0.500. The minimum Gasteiger partial charge on any atom is -0.504 e. The van der Waals surface area contributed by atoms with Crippen molar-refractivity contribution in [2.24, 2.45) is 11.7 Å². The Hall–Kier alpha value is -7.68. The molecule has 7 amide bonds. The number of carbonyl (C=O) groups excluding carboxylic acids is 7. The predicted octanol–water partition coefficient (Wildman–Crippen LogP) is -1.82. The van der Waals surface area contributed by atoms with Crippen LogP contribution in [0.15, 0.2) is 72.9 Å². The van der Waals surface area contributed by atoms with Crippen LogP contribution in [0.3, 0.4) is 0 Å². The number of unbranched alkanes of at least 4 members (excludes halogenated alkanes) is 2. The van der Waals surface area contributed by atoms with Gasteiger partial charge in [-0.2, -0.15) is 5.10 Å². The SMILES string of the molecule is COCCCCCOc1ccc(-c2nn3cc(-c4ccc(C(=O)N[C@H]5C[C@H](O)CNC(=O)[C@@H]6[C@@H](O)[C@H](C)CN6C(=O)[C@H]([C@H](O)CCN)NC(=O)[C@H]([C@H](O)[C@@H](O)c6ccc(O)c(OSOOO)c6)NC(=O)[C@@H]6C[C@H](O)CN6C(=O)[C@H]([C@H](C)O)NC5=O)cc4)nc3s2)cc1. The standard InChI is InChI=1S/C58H75N11O21S2/c1-28-25-68-46(47(28)75)54(82)60-24-34(71)22-37(61-50(78)31-9-7-30(8-10-31)38-27-69-58(62-38)91-55(66-69)32-11-14-36(15-12-32)87-20-6-4-5-19-86-3)51(79)63-43(29(2)70)56(83)67-26-35(72)23-39(67)52(80)65-45(53(81)64-44(57(68)84)41(74)17-18-59)49(77)48(76)33-13-16-40(73)42(21-33)88-92-90-89-85/h7-16,21,27-29,34-35,37,39,41,43-49,70-77,85H,4-6,17-20,22-26,59H2,1-3H3,(H,60,82)(H,61,78)(H,63,79)(H,64,81)(H,65,80)/t28-,29+,34+,35+,37+,39+,41-,43+,44+,45+,46+,47+,48+,49+/m1/s1. The van der Waals surface area contributed by atoms with E-state index >= 15 is 0 Å². The lowest BCUT2D eigenvalue weighted by atomic mass is 9.96. The molecule has 2 aromatic heterocycles. The second-order valence-electron chi connectivity index (χ2n) is 22.5. The number of imidazole rings is 1. The van der Waals surface area contributed by atoms with Gasteiger partial charge < -0.3 is 96.6 Å². The lowest BCUT2D eigenvalue weighted by Crippen LogP contribution is -2.64. The topological polar surface area (TPSA) is 471 Å². The first kappa shape index (κ1) is 70.2. The third kappa shape index (κ3) is 17.1. The molecule has 32 nitrogen and oxygen atoms in total. The van der Waals surface area contributed by atoms with Gasteiger partial charge in [-0.1, -0.05) is 45.8 Å². The minimum absolute atomic E-state index is 0.000930. The van der Waals surface area contributed by atoms with Gasteiger partial charge in [-0.3, -0.25) is 33.6 Å². The number of aliphatic hydroxyl groups is 7. The summed E-state index contributed by atoms with van der Waals surface area (Å²) in [6.07, 6.45) is -10.2. The number of aliphatic hydroxyl groups excluding tert-OH is 7. The van der Waals surface area contributed by atoms with Crippen LogP contribution in [0.4, 0.5) is 0 Å². The van der Waals surface area contributed by atoms with Crippen LogP contribution in [0.2, 0.25) is 0 Å². The van der Waals surface area contributed by atoms with E-state index in [2.05, 4.69) is 36.0 Å². The molecule has 3 aliphatic heterocycles. The number of ether oxygens (including phenoxy) is 2. The summed E-state index contributed by atoms with van der Waals surface area (Å²) in [5.74, 6) is -9.40. The number of nitrogens with one attached hydrogen (secondary N) is 5. The van der Waals surface area contributed by atoms with Gasteiger partial charge in [0.25, 0.3) is 18.2 Å². The summed E-state index contributed by atoms with van der Waals surface area (Å²) in [6, 6.07) is 4.88. The number of aromatic nitrogens is 3. The molecule has 0 aliphatic carbocycles. The molecular formula is C58H75N11O21S2. The third-order valence-corrected chi connectivity index (χ3v) is 17.2. The van der Waals surface area contributed by atoms with Gasteiger partial charge in [0, 0.05) is 68.8 Å². The number of benzene rings is 3. The number of hydrogen-bond donors (Lipinski definition) is 15. The number of phenolic OH excluding ortho intramolecular Hbond substituents is 1. The van der Waals surface area contributed by atoms with Gasteiger partial charge in [0.15, 0.2) is 11.5 Å². The maximum absolute atomic E-state index is 14.7. The number of hydrogen-bond acceptors (Lipinski definition) is 26. The number of aromatic hydroxyl groups is 1. The van der Waals surface area contributed by atoms with E-state index in [0.29, 0.717) is 34.4 Å². The van der Waals surface area contributed by atoms with E-state index in [1.54, 1.807) is 30.0 Å². The molecule has 0 unspecified atom stereocenters. The zero-order valence-electron chi connectivity index (χ0n) is 50.1. The second-order valence-corrected chi connectivity index (χ2v) is 23.9. The fourth-order valence-electron chi connectivity index (χ4n) is 10.8. The normalized spacial score (nSPS) is 25.1. The van der Waals surface area contributed by atoms with E-state index < -0.39 is 164 Å². The van der Waals surface area contributed by atoms with Gasteiger partial charge in [-0.15, -0.1) is 0 Å². The van der Waals surface area contributed by atoms with Crippen LogP contribution < -0.4 is 41.2 Å². The molecule has 34 heteroatoms. The molecule has 500 valence electrons. The maximum Gasteiger partial charge on any atom is 0.261 e. The number of β-amino-alcohol motifs (C(OH)–C–C–N with tert-alkyl or cyclic N) is 1. The van der Waals surface area contributed by atoms with Gasteiger partial charge >= 0.3 is 0 Å². The second kappa shape index (κ2) is 32.2. The molecule has 0 radical (unpaired) electrons. The molecule has 5 heterocycles. The first-order valence-corrected chi connectivity index (χ1v) is 30.9. The Kier molecular flexibility index (Phi) is 24.6. The van der Waals surface area contributed by atoms with Crippen LogP contribution in [0.5, 0.6) is 17.2 Å². The highest BCUT2D eigenvalue weighted by atomic mass is 32.2. The van der Waals surface area contributed by atoms with Crippen LogP contribution in [-0.2, 0) is 42.9 Å². The first-order valence-electron chi connectivity index (χ1n) is 29.4. The van der Waals surface area contributed by atoms with E-state index in [-0.39, 0.29) is 43.0 Å². The van der Waals surface area contributed by atoms with Gasteiger partial charge in [-0.25, -0.2) is 14.8 Å². The molecule has 8 rings (SSSR count). The third-order valence-electron chi connectivity index (χ3n) is 15.8. The van der Waals surface area contributed by atoms with Gasteiger partial charge in [-0.05, 0) is 93.2 Å². The van der Waals surface area contributed by atoms with Crippen LogP contribution in [-0.4, -0.2) is 231 Å². The van der Waals surface area contributed by atoms with Crippen LogP contribution in [0, 0.1) is 5.92 Å². The van der Waals surface area contributed by atoms with E-state index in [4.69, 9.17) is 34.7 Å². The van der Waals surface area contributed by atoms with Crippen molar-refractivity contribution in [3.63, 3.8) is 0 Å². The quantitative estimate of drug-likeness (QED) is 0.0157. The number of rotatable bonds is 22. The average Bonchev–Trinajstić information content (AvgIpc) is 1.66. The van der Waals surface area contributed by atoms with Crippen molar-refractivity contribution < 1.29 is 103 Å². The molecule has 92 heavy (non-hydrogen) atoms. The van der Waals surface area contributed by atoms with Gasteiger partial charge in [0.2, 0.25) is 40.4 Å². The Labute approximate surface area is 534 Å². The molecule has 3 aromatic carbocycles. The summed E-state index contributed by atoms with van der Waals surface area (Å²) in [5, 5.41) is 120. The van der Waals surface area contributed by atoms with E-state index in [1.165, 1.54) is 30.4 Å². The summed E-state index contributed by atoms with van der Waals surface area (Å²) in [6.45, 7) is 1.92. The summed E-state index contributed by atoms with van der Waals surface area (Å²) in [7, 11) is 1.67. The van der Waals surface area contributed by atoms with Crippen molar-refractivity contribution in [1.29, 1.82) is 0 Å². The average molecular weight is 1330 g/mol. The van der Waals surface area contributed by atoms with Crippen LogP contribution >= 0.6 is 23.7 Å². The Morgan fingerprint density at radius 3 is 2.18 bits per heavy atom. The largest absolute Gasteiger partial charge is 0.504 e. The first-order chi connectivity index (χ1) is 44.0. The van der Waals surface area contributed by atoms with Crippen LogP contribution in [0.25, 0.3) is 26.8 Å². The highest BCUT2D eigenvalue weighted by Gasteiger charge is 2.50. The lowest BCUT2D eigenvalue weighted by Gasteiger charge is -2.34. The zero-order chi connectivity index (χ0) is 66.5. The predicted molar refractivity (Wildman–Crippen MR) is 324 cm³/mol. The fourth-order valence-corrected chi connectivity index (χ4v) is 12.0. The lowest BCUT2D eigenvalue weighted by molar-refractivity contribution is -0.433. The van der Waals surface area contributed by atoms with Crippen molar-refractivity contribution in [1.82, 2.24) is 51.0 Å². The summed E-state index contributed by atoms with van der Waals surface area (Å²) in [4.78, 5) is 108. The Balaban J connectivity index is 1.06. The van der Waals surface area contributed by atoms with Crippen molar-refractivity contribution in [3.8, 4) is 39.1 Å². The Bertz CT molecular complexity index is 3330. The molecule has 14 atom stereocenters. The van der Waals surface area contributed by atoms with E-state index in [0.717, 1.165) is 65.5 Å². The Morgan fingerprint density at radius 2 is 1.50 bits per heavy atom. The molecule has 5 aromatic rings. The monoisotopic (exact) mass is 1330 g/mol. The van der Waals surface area contributed by atoms with Gasteiger partial charge in [0.1, 0.15) is 59.2 Å². The van der Waals surface area contributed by atoms with Gasteiger partial charge in [0.05, 0.1) is 49.0 Å². The van der Waals surface area contributed by atoms with Crippen LogP contribution in [0.1, 0.15) is 74.4 Å². The van der Waals surface area contributed by atoms with Crippen molar-refractivity contribution in [2.75, 3.05) is 46.5 Å². The minimum atomic E-state index is -2.46. The van der Waals surface area contributed by atoms with E-state index in [1.807, 2.05) is 24.3 Å². The highest BCUT2D eigenvalue weighted by Crippen LogP contribution is 2.35. The molecule has 3 saturated heterocycles. The smallest absolute Gasteiger partial charge is 0.261 e. The molecule has 3 fully saturated rings. The van der Waals surface area contributed by atoms with Crippen molar-refractivity contribution in [3.05, 3.63) is 84.1 Å². The molecule has 16 N–H and O–H groups in total. The molecule has 0 bridgehead atoms. The molecule has 0 saturated carbocycles. The number of amides is 7.